The zero-order chi connectivity index (χ0) is 16.9. The Balaban J connectivity index is 1.92. The number of ether oxygens (including phenoxy) is 2. The zero-order valence-corrected chi connectivity index (χ0v) is 13.6. The first-order valence-corrected chi connectivity index (χ1v) is 7.49. The molecule has 0 bridgehead atoms. The van der Waals surface area contributed by atoms with E-state index < -0.39 is 0 Å². The molecule has 0 unspecified atom stereocenters. The van der Waals surface area contributed by atoms with E-state index in [0.29, 0.717) is 23.2 Å². The molecular weight excluding hydrogens is 306 g/mol. The van der Waals surface area contributed by atoms with Crippen LogP contribution in [0.25, 0.3) is 11.3 Å². The Labute approximate surface area is 140 Å². The maximum atomic E-state index is 5.87. The van der Waals surface area contributed by atoms with E-state index in [4.69, 9.17) is 19.6 Å². The van der Waals surface area contributed by atoms with E-state index in [-0.39, 0.29) is 6.54 Å². The van der Waals surface area contributed by atoms with Crippen LogP contribution in [0.2, 0.25) is 0 Å². The first-order valence-electron chi connectivity index (χ1n) is 7.49. The van der Waals surface area contributed by atoms with Crippen molar-refractivity contribution in [3.8, 4) is 22.8 Å². The number of anilines is 2. The van der Waals surface area contributed by atoms with Crippen LogP contribution < -0.4 is 20.5 Å². The Kier molecular flexibility index (Phi) is 4.67. The van der Waals surface area contributed by atoms with Gasteiger partial charge in [-0.1, -0.05) is 12.1 Å². The third kappa shape index (κ3) is 3.18. The van der Waals surface area contributed by atoms with Crippen LogP contribution in [0.3, 0.4) is 0 Å². The van der Waals surface area contributed by atoms with Crippen LogP contribution in [0.5, 0.6) is 11.5 Å². The smallest absolute Gasteiger partial charge is 0.300 e. The number of para-hydroxylation sites is 2. The molecule has 0 atom stereocenters. The van der Waals surface area contributed by atoms with E-state index in [0.717, 1.165) is 17.0 Å². The fraction of sp³-hybridized carbons (Fsp3) is 0.167. The molecule has 0 saturated heterocycles. The molecule has 3 N–H and O–H groups in total. The fourth-order valence-corrected chi connectivity index (χ4v) is 2.37. The summed E-state index contributed by atoms with van der Waals surface area (Å²) in [5.74, 6) is 2.12. The van der Waals surface area contributed by atoms with Gasteiger partial charge in [-0.15, -0.1) is 0 Å². The summed E-state index contributed by atoms with van der Waals surface area (Å²) in [7, 11) is 3.24. The van der Waals surface area contributed by atoms with Crippen molar-refractivity contribution in [3.05, 3.63) is 54.2 Å². The van der Waals surface area contributed by atoms with Gasteiger partial charge in [-0.2, -0.15) is 4.98 Å². The third-order valence-corrected chi connectivity index (χ3v) is 3.59. The molecule has 0 amide bonds. The lowest BCUT2D eigenvalue weighted by Crippen LogP contribution is -1.99. The summed E-state index contributed by atoms with van der Waals surface area (Å²) in [6.07, 6.45) is 0. The molecule has 0 spiro atoms. The predicted molar refractivity (Wildman–Crippen MR) is 92.7 cm³/mol. The normalized spacial score (nSPS) is 10.5. The third-order valence-electron chi connectivity index (χ3n) is 3.59. The van der Waals surface area contributed by atoms with Crippen LogP contribution >= 0.6 is 0 Å². The summed E-state index contributed by atoms with van der Waals surface area (Å²) in [4.78, 5) is 4.43. The molecule has 0 saturated carbocycles. The molecule has 3 aromatic rings. The molecule has 0 aliphatic rings. The fourth-order valence-electron chi connectivity index (χ4n) is 2.37. The highest BCUT2D eigenvalue weighted by atomic mass is 16.5. The molecule has 6 nitrogen and oxygen atoms in total. The lowest BCUT2D eigenvalue weighted by atomic mass is 10.1. The second-order valence-corrected chi connectivity index (χ2v) is 5.05. The highest BCUT2D eigenvalue weighted by Crippen LogP contribution is 2.32. The van der Waals surface area contributed by atoms with Crippen LogP contribution in [-0.2, 0) is 6.54 Å². The van der Waals surface area contributed by atoms with E-state index in [1.165, 1.54) is 0 Å². The van der Waals surface area contributed by atoms with E-state index in [2.05, 4.69) is 10.3 Å². The Hall–Kier alpha value is -2.99. The van der Waals surface area contributed by atoms with Crippen LogP contribution in [-0.4, -0.2) is 19.2 Å². The van der Waals surface area contributed by atoms with Gasteiger partial charge in [0.2, 0.25) is 0 Å². The van der Waals surface area contributed by atoms with Gasteiger partial charge in [0.15, 0.2) is 5.76 Å². The van der Waals surface area contributed by atoms with Gasteiger partial charge in [-0.05, 0) is 36.4 Å². The number of nitrogens with two attached hydrogens (primary N) is 1. The topological polar surface area (TPSA) is 82.5 Å². The Morgan fingerprint density at radius 1 is 1.04 bits per heavy atom. The van der Waals surface area contributed by atoms with Gasteiger partial charge in [0.1, 0.15) is 17.2 Å². The summed E-state index contributed by atoms with van der Waals surface area (Å²) in [6, 6.07) is 15.5. The standard InChI is InChI=1S/C18H19N3O3/c1-22-13-9-7-12(8-10-13)17-15(11-19)21-18(24-17)20-14-5-3-4-6-16(14)23-2/h3-10H,11,19H2,1-2H3,(H,20,21). The average molecular weight is 325 g/mol. The summed E-state index contributed by atoms with van der Waals surface area (Å²) in [5.41, 5.74) is 8.14. The Morgan fingerprint density at radius 3 is 2.46 bits per heavy atom. The number of benzene rings is 2. The Bertz CT molecular complexity index is 813. The summed E-state index contributed by atoms with van der Waals surface area (Å²) in [5, 5.41) is 3.13. The molecule has 0 aliphatic heterocycles. The number of aromatic nitrogens is 1. The van der Waals surface area contributed by atoms with Crippen LogP contribution in [0.1, 0.15) is 5.69 Å². The molecule has 124 valence electrons. The minimum Gasteiger partial charge on any atom is -0.497 e. The van der Waals surface area contributed by atoms with Crippen molar-refractivity contribution in [2.45, 2.75) is 6.54 Å². The van der Waals surface area contributed by atoms with Gasteiger partial charge in [0, 0.05) is 12.1 Å². The number of oxazole rings is 1. The molecule has 2 aromatic carbocycles. The van der Waals surface area contributed by atoms with Crippen molar-refractivity contribution in [1.82, 2.24) is 4.98 Å². The van der Waals surface area contributed by atoms with Crippen molar-refractivity contribution in [2.75, 3.05) is 19.5 Å². The van der Waals surface area contributed by atoms with Gasteiger partial charge in [0.25, 0.3) is 6.01 Å². The Morgan fingerprint density at radius 2 is 1.79 bits per heavy atom. The number of rotatable bonds is 6. The lowest BCUT2D eigenvalue weighted by molar-refractivity contribution is 0.415. The number of nitrogens with zero attached hydrogens (tertiary/aromatic N) is 1. The second kappa shape index (κ2) is 7.06. The highest BCUT2D eigenvalue weighted by molar-refractivity contribution is 5.66. The lowest BCUT2D eigenvalue weighted by Gasteiger charge is -2.07. The van der Waals surface area contributed by atoms with Gasteiger partial charge in [0.05, 0.1) is 19.9 Å². The number of hydrogen-bond acceptors (Lipinski definition) is 6. The summed E-state index contributed by atoms with van der Waals surface area (Å²) in [6.45, 7) is 0.276. The second-order valence-electron chi connectivity index (χ2n) is 5.05. The molecule has 1 heterocycles. The molecule has 0 fully saturated rings. The van der Waals surface area contributed by atoms with E-state index in [1.807, 2.05) is 48.5 Å². The monoisotopic (exact) mass is 325 g/mol. The maximum absolute atomic E-state index is 5.87. The molecule has 0 aliphatic carbocycles. The maximum Gasteiger partial charge on any atom is 0.300 e. The quantitative estimate of drug-likeness (QED) is 0.721. The van der Waals surface area contributed by atoms with Gasteiger partial charge >= 0.3 is 0 Å². The van der Waals surface area contributed by atoms with Crippen molar-refractivity contribution >= 4 is 11.7 Å². The highest BCUT2D eigenvalue weighted by Gasteiger charge is 2.15. The predicted octanol–water partition coefficient (Wildman–Crippen LogP) is 3.56. The van der Waals surface area contributed by atoms with Crippen LogP contribution in [0, 0.1) is 0 Å². The molecule has 6 heteroatoms. The first kappa shape index (κ1) is 15.9. The number of nitrogens with one attached hydrogen (secondary N) is 1. The molecular formula is C18H19N3O3. The summed E-state index contributed by atoms with van der Waals surface area (Å²) >= 11 is 0. The van der Waals surface area contributed by atoms with Crippen LogP contribution in [0.4, 0.5) is 11.7 Å². The van der Waals surface area contributed by atoms with Gasteiger partial charge < -0.3 is 24.9 Å². The number of hydrogen-bond donors (Lipinski definition) is 2. The minimum atomic E-state index is 0.276. The first-order chi connectivity index (χ1) is 11.7. The van der Waals surface area contributed by atoms with Gasteiger partial charge in [-0.25, -0.2) is 0 Å². The molecule has 1 aromatic heterocycles. The average Bonchev–Trinajstić information content (AvgIpc) is 3.05. The SMILES string of the molecule is COc1ccc(-c2oc(Nc3ccccc3OC)nc2CN)cc1. The van der Waals surface area contributed by atoms with E-state index in [9.17, 15) is 0 Å². The van der Waals surface area contributed by atoms with Crippen LogP contribution in [0.15, 0.2) is 52.9 Å². The van der Waals surface area contributed by atoms with E-state index >= 15 is 0 Å². The largest absolute Gasteiger partial charge is 0.497 e. The summed E-state index contributed by atoms with van der Waals surface area (Å²) < 4.78 is 16.4. The molecule has 0 radical (unpaired) electrons. The zero-order valence-electron chi connectivity index (χ0n) is 13.6. The van der Waals surface area contributed by atoms with Gasteiger partial charge in [-0.3, -0.25) is 0 Å². The van der Waals surface area contributed by atoms with Crippen molar-refractivity contribution in [2.24, 2.45) is 5.73 Å². The van der Waals surface area contributed by atoms with Crippen molar-refractivity contribution < 1.29 is 13.9 Å². The van der Waals surface area contributed by atoms with Crippen molar-refractivity contribution in [3.63, 3.8) is 0 Å². The molecule has 3 rings (SSSR count). The molecule has 24 heavy (non-hydrogen) atoms. The van der Waals surface area contributed by atoms with Crippen molar-refractivity contribution in [1.29, 1.82) is 0 Å². The van der Waals surface area contributed by atoms with E-state index in [1.54, 1.807) is 14.2 Å². The minimum absolute atomic E-state index is 0.276. The number of methoxy groups -OCH3 is 2.